The van der Waals surface area contributed by atoms with Crippen molar-refractivity contribution in [1.82, 2.24) is 29.4 Å². The van der Waals surface area contributed by atoms with E-state index in [2.05, 4.69) is 33.7 Å². The van der Waals surface area contributed by atoms with Gasteiger partial charge in [0.25, 0.3) is 0 Å². The van der Waals surface area contributed by atoms with Gasteiger partial charge >= 0.3 is 6.03 Å². The Morgan fingerprint density at radius 1 is 0.821 bits per heavy atom. The Hall–Kier alpha value is -3.43. The zero-order chi connectivity index (χ0) is 27.1. The van der Waals surface area contributed by atoms with E-state index in [-0.39, 0.29) is 17.1 Å². The predicted molar refractivity (Wildman–Crippen MR) is 155 cm³/mol. The molecule has 0 bridgehead atoms. The lowest BCUT2D eigenvalue weighted by Gasteiger charge is -2.39. The number of hydrogen-bond acceptors (Lipinski definition) is 8. The molecule has 10 nitrogen and oxygen atoms in total. The SMILES string of the molecule is C=CCC1(Nc2nc(NC3(CC=C)CCCCC3)nc(N3CCN(C(=O)n4ccnc4)CC3)n2)CCCCC1. The Bertz CT molecular complexity index is 1060. The average Bonchev–Trinajstić information content (AvgIpc) is 3.49. The Balaban J connectivity index is 1.39. The number of carbonyl (C=O) groups excluding carboxylic acids is 1. The van der Waals surface area contributed by atoms with E-state index in [1.807, 2.05) is 17.1 Å². The second kappa shape index (κ2) is 12.2. The van der Waals surface area contributed by atoms with Gasteiger partial charge in [-0.1, -0.05) is 50.7 Å². The van der Waals surface area contributed by atoms with E-state index < -0.39 is 0 Å². The van der Waals surface area contributed by atoms with E-state index in [4.69, 9.17) is 15.0 Å². The number of carbonyl (C=O) groups is 1. The van der Waals surface area contributed by atoms with Gasteiger partial charge in [0.05, 0.1) is 0 Å². The molecule has 2 aliphatic carbocycles. The number of piperazine rings is 1. The molecule has 0 unspecified atom stereocenters. The van der Waals surface area contributed by atoms with Crippen LogP contribution in [-0.2, 0) is 0 Å². The second-order valence-corrected chi connectivity index (χ2v) is 11.4. The van der Waals surface area contributed by atoms with Gasteiger partial charge < -0.3 is 20.4 Å². The van der Waals surface area contributed by atoms with Crippen LogP contribution in [0.25, 0.3) is 0 Å². The summed E-state index contributed by atoms with van der Waals surface area (Å²) in [5, 5.41) is 7.49. The molecular formula is C29H43N9O. The maximum Gasteiger partial charge on any atom is 0.329 e. The first-order chi connectivity index (χ1) is 19.0. The molecule has 39 heavy (non-hydrogen) atoms. The van der Waals surface area contributed by atoms with Crippen molar-refractivity contribution in [1.29, 1.82) is 0 Å². The largest absolute Gasteiger partial charge is 0.348 e. The fourth-order valence-corrected chi connectivity index (χ4v) is 6.50. The maximum atomic E-state index is 12.8. The fraction of sp³-hybridized carbons (Fsp3) is 0.621. The van der Waals surface area contributed by atoms with E-state index in [9.17, 15) is 4.79 Å². The number of amides is 1. The zero-order valence-electron chi connectivity index (χ0n) is 23.2. The zero-order valence-corrected chi connectivity index (χ0v) is 23.2. The van der Waals surface area contributed by atoms with E-state index in [1.165, 1.54) is 43.1 Å². The third-order valence-electron chi connectivity index (χ3n) is 8.63. The third-order valence-corrected chi connectivity index (χ3v) is 8.63. The first-order valence-corrected chi connectivity index (χ1v) is 14.6. The lowest BCUT2D eigenvalue weighted by atomic mass is 9.79. The molecule has 3 fully saturated rings. The molecule has 0 spiro atoms. The van der Waals surface area contributed by atoms with E-state index in [0.717, 1.165) is 38.5 Å². The van der Waals surface area contributed by atoms with Crippen LogP contribution < -0.4 is 15.5 Å². The van der Waals surface area contributed by atoms with E-state index >= 15 is 0 Å². The summed E-state index contributed by atoms with van der Waals surface area (Å²) in [5.74, 6) is 1.89. The summed E-state index contributed by atoms with van der Waals surface area (Å²) in [6.45, 7) is 10.6. The smallest absolute Gasteiger partial charge is 0.329 e. The van der Waals surface area contributed by atoms with Crippen molar-refractivity contribution < 1.29 is 4.79 Å². The minimum Gasteiger partial charge on any atom is -0.348 e. The van der Waals surface area contributed by atoms with Crippen LogP contribution >= 0.6 is 0 Å². The highest BCUT2D eigenvalue weighted by Gasteiger charge is 2.34. The summed E-state index contributed by atoms with van der Waals surface area (Å²) < 4.78 is 1.52. The number of anilines is 3. The van der Waals surface area contributed by atoms with E-state index in [1.54, 1.807) is 18.7 Å². The van der Waals surface area contributed by atoms with Crippen molar-refractivity contribution in [2.24, 2.45) is 0 Å². The molecule has 2 saturated carbocycles. The highest BCUT2D eigenvalue weighted by molar-refractivity contribution is 5.77. The molecule has 2 aromatic rings. The molecular weight excluding hydrogens is 490 g/mol. The van der Waals surface area contributed by atoms with Gasteiger partial charge in [-0.25, -0.2) is 9.78 Å². The summed E-state index contributed by atoms with van der Waals surface area (Å²) >= 11 is 0. The topological polar surface area (TPSA) is 104 Å². The monoisotopic (exact) mass is 533 g/mol. The summed E-state index contributed by atoms with van der Waals surface area (Å²) in [5.41, 5.74) is -0.148. The first-order valence-electron chi connectivity index (χ1n) is 14.6. The molecule has 5 rings (SSSR count). The van der Waals surface area contributed by atoms with Crippen molar-refractivity contribution in [3.63, 3.8) is 0 Å². The Morgan fingerprint density at radius 3 is 1.82 bits per heavy atom. The average molecular weight is 534 g/mol. The van der Waals surface area contributed by atoms with Gasteiger partial charge in [0.1, 0.15) is 6.33 Å². The van der Waals surface area contributed by atoms with Crippen molar-refractivity contribution in [2.75, 3.05) is 41.7 Å². The number of rotatable bonds is 9. The van der Waals surface area contributed by atoms with Crippen LogP contribution in [0.2, 0.25) is 0 Å². The molecule has 1 amide bonds. The van der Waals surface area contributed by atoms with Crippen LogP contribution in [0.4, 0.5) is 22.6 Å². The molecule has 0 atom stereocenters. The molecule has 3 heterocycles. The molecule has 0 aromatic carbocycles. The van der Waals surface area contributed by atoms with Crippen molar-refractivity contribution in [2.45, 2.75) is 88.1 Å². The molecule has 2 aromatic heterocycles. The minimum absolute atomic E-state index is 0.0557. The highest BCUT2D eigenvalue weighted by Crippen LogP contribution is 2.36. The molecule has 10 heteroatoms. The molecule has 210 valence electrons. The van der Waals surface area contributed by atoms with Crippen molar-refractivity contribution in [3.8, 4) is 0 Å². The Kier molecular flexibility index (Phi) is 8.47. The Labute approximate surface area is 232 Å². The van der Waals surface area contributed by atoms with E-state index in [0.29, 0.717) is 44.0 Å². The number of nitrogens with zero attached hydrogens (tertiary/aromatic N) is 7. The molecule has 3 aliphatic rings. The van der Waals surface area contributed by atoms with Gasteiger partial charge in [-0.15, -0.1) is 13.2 Å². The lowest BCUT2D eigenvalue weighted by molar-refractivity contribution is 0.195. The summed E-state index contributed by atoms with van der Waals surface area (Å²) in [7, 11) is 0. The number of imidazole rings is 1. The van der Waals surface area contributed by atoms with Gasteiger partial charge in [-0.05, 0) is 38.5 Å². The second-order valence-electron chi connectivity index (χ2n) is 11.4. The van der Waals surface area contributed by atoms with Crippen LogP contribution in [0, 0.1) is 0 Å². The third kappa shape index (κ3) is 6.42. The van der Waals surface area contributed by atoms with Crippen molar-refractivity contribution in [3.05, 3.63) is 44.0 Å². The van der Waals surface area contributed by atoms with Crippen LogP contribution in [0.15, 0.2) is 44.0 Å². The molecule has 0 radical (unpaired) electrons. The highest BCUT2D eigenvalue weighted by atomic mass is 16.2. The summed E-state index contributed by atoms with van der Waals surface area (Å²) in [6.07, 6.45) is 22.3. The Morgan fingerprint density at radius 2 is 1.36 bits per heavy atom. The van der Waals surface area contributed by atoms with Gasteiger partial charge in [-0.2, -0.15) is 15.0 Å². The van der Waals surface area contributed by atoms with Gasteiger partial charge in [-0.3, -0.25) is 4.57 Å². The number of hydrogen-bond donors (Lipinski definition) is 2. The normalized spacial score (nSPS) is 20.7. The van der Waals surface area contributed by atoms with Gasteiger partial charge in [0, 0.05) is 49.7 Å². The van der Waals surface area contributed by atoms with Crippen LogP contribution in [-0.4, -0.2) is 72.7 Å². The molecule has 2 N–H and O–H groups in total. The van der Waals surface area contributed by atoms with Crippen molar-refractivity contribution >= 4 is 23.9 Å². The van der Waals surface area contributed by atoms with Crippen LogP contribution in [0.3, 0.4) is 0 Å². The van der Waals surface area contributed by atoms with Crippen LogP contribution in [0.5, 0.6) is 0 Å². The maximum absolute atomic E-state index is 12.8. The lowest BCUT2D eigenvalue weighted by Crippen LogP contribution is -2.50. The molecule has 1 saturated heterocycles. The molecule has 1 aliphatic heterocycles. The standard InChI is InChI=1S/C29H43N9O/c1-3-11-28(13-7-5-8-14-28)34-24-31-25(35-29(12-4-2)15-9-6-10-16-29)33-26(32-24)36-19-21-37(22-20-36)27(39)38-18-17-30-23-38/h3-4,17-18,23H,1-2,5-16,19-22H2,(H2,31,32,33,34,35). The summed E-state index contributed by atoms with van der Waals surface area (Å²) in [6, 6.07) is -0.0557. The van der Waals surface area contributed by atoms with Crippen LogP contribution in [0.1, 0.15) is 77.0 Å². The summed E-state index contributed by atoms with van der Waals surface area (Å²) in [4.78, 5) is 35.6. The first kappa shape index (κ1) is 27.1. The predicted octanol–water partition coefficient (Wildman–Crippen LogP) is 5.24. The fourth-order valence-electron chi connectivity index (χ4n) is 6.50. The minimum atomic E-state index is -0.0740. The van der Waals surface area contributed by atoms with Gasteiger partial charge in [0.15, 0.2) is 0 Å². The quantitative estimate of drug-likeness (QED) is 0.422. The van der Waals surface area contributed by atoms with Gasteiger partial charge in [0.2, 0.25) is 17.8 Å². The number of aromatic nitrogens is 5. The number of nitrogens with one attached hydrogen (secondary N) is 2.